The SMILES string of the molecule is CC(=NNC(=O)c1ccc(COc2ccccc2)cc1)c1ccncc1. The van der Waals surface area contributed by atoms with Crippen molar-refractivity contribution in [1.29, 1.82) is 0 Å². The van der Waals surface area contributed by atoms with E-state index in [0.29, 0.717) is 17.9 Å². The lowest BCUT2D eigenvalue weighted by Crippen LogP contribution is -2.19. The number of hydrogen-bond acceptors (Lipinski definition) is 4. The third-order valence-corrected chi connectivity index (χ3v) is 3.79. The van der Waals surface area contributed by atoms with Crippen molar-refractivity contribution in [2.45, 2.75) is 13.5 Å². The van der Waals surface area contributed by atoms with Gasteiger partial charge in [-0.2, -0.15) is 5.10 Å². The van der Waals surface area contributed by atoms with Gasteiger partial charge in [-0.05, 0) is 48.9 Å². The summed E-state index contributed by atoms with van der Waals surface area (Å²) in [6.07, 6.45) is 3.37. The van der Waals surface area contributed by atoms with E-state index in [2.05, 4.69) is 15.5 Å². The Morgan fingerprint density at radius 1 is 0.962 bits per heavy atom. The maximum Gasteiger partial charge on any atom is 0.271 e. The molecule has 0 aliphatic carbocycles. The number of rotatable bonds is 6. The lowest BCUT2D eigenvalue weighted by Gasteiger charge is -2.07. The zero-order valence-corrected chi connectivity index (χ0v) is 14.4. The van der Waals surface area contributed by atoms with Gasteiger partial charge in [0.1, 0.15) is 12.4 Å². The smallest absolute Gasteiger partial charge is 0.271 e. The van der Waals surface area contributed by atoms with Crippen LogP contribution in [0, 0.1) is 0 Å². The average molecular weight is 345 g/mol. The number of aromatic nitrogens is 1. The van der Waals surface area contributed by atoms with Gasteiger partial charge in [0.25, 0.3) is 5.91 Å². The summed E-state index contributed by atoms with van der Waals surface area (Å²) in [5, 5.41) is 4.13. The van der Waals surface area contributed by atoms with Crippen molar-refractivity contribution >= 4 is 11.6 Å². The molecule has 3 rings (SSSR count). The van der Waals surface area contributed by atoms with Gasteiger partial charge >= 0.3 is 0 Å². The molecular weight excluding hydrogens is 326 g/mol. The molecule has 0 saturated carbocycles. The molecule has 1 amide bonds. The van der Waals surface area contributed by atoms with Crippen molar-refractivity contribution in [2.24, 2.45) is 5.10 Å². The van der Waals surface area contributed by atoms with Crippen LogP contribution in [0.25, 0.3) is 0 Å². The van der Waals surface area contributed by atoms with E-state index in [-0.39, 0.29) is 5.91 Å². The number of benzene rings is 2. The average Bonchev–Trinajstić information content (AvgIpc) is 2.72. The predicted molar refractivity (Wildman–Crippen MR) is 101 cm³/mol. The molecule has 0 atom stereocenters. The van der Waals surface area contributed by atoms with Gasteiger partial charge < -0.3 is 4.74 Å². The number of amides is 1. The molecule has 1 aromatic heterocycles. The summed E-state index contributed by atoms with van der Waals surface area (Å²) in [4.78, 5) is 16.2. The maximum atomic E-state index is 12.2. The fourth-order valence-corrected chi connectivity index (χ4v) is 2.29. The molecule has 0 aliphatic heterocycles. The quantitative estimate of drug-likeness (QED) is 0.546. The molecule has 0 radical (unpaired) electrons. The first-order chi connectivity index (χ1) is 12.7. The number of ether oxygens (including phenoxy) is 1. The highest BCUT2D eigenvalue weighted by Gasteiger charge is 2.05. The standard InChI is InChI=1S/C21H19N3O2/c1-16(18-11-13-22-14-12-18)23-24-21(25)19-9-7-17(8-10-19)15-26-20-5-3-2-4-6-20/h2-14H,15H2,1H3,(H,24,25). The second-order valence-electron chi connectivity index (χ2n) is 5.67. The van der Waals surface area contributed by atoms with Crippen molar-refractivity contribution < 1.29 is 9.53 Å². The first kappa shape index (κ1) is 17.4. The van der Waals surface area contributed by atoms with Gasteiger partial charge in [0.2, 0.25) is 0 Å². The van der Waals surface area contributed by atoms with Crippen molar-refractivity contribution in [3.05, 3.63) is 95.8 Å². The topological polar surface area (TPSA) is 63.6 Å². The second-order valence-corrected chi connectivity index (χ2v) is 5.67. The highest BCUT2D eigenvalue weighted by molar-refractivity contribution is 6.00. The summed E-state index contributed by atoms with van der Waals surface area (Å²) < 4.78 is 5.69. The van der Waals surface area contributed by atoms with Crippen LogP contribution < -0.4 is 10.2 Å². The van der Waals surface area contributed by atoms with Gasteiger partial charge in [0, 0.05) is 23.5 Å². The predicted octanol–water partition coefficient (Wildman–Crippen LogP) is 3.81. The van der Waals surface area contributed by atoms with E-state index in [9.17, 15) is 4.79 Å². The van der Waals surface area contributed by atoms with Crippen LogP contribution in [-0.2, 0) is 6.61 Å². The van der Waals surface area contributed by atoms with Crippen molar-refractivity contribution in [1.82, 2.24) is 10.4 Å². The number of hydrogen-bond donors (Lipinski definition) is 1. The summed E-state index contributed by atoms with van der Waals surface area (Å²) in [6, 6.07) is 20.6. The molecule has 2 aromatic carbocycles. The van der Waals surface area contributed by atoms with Crippen molar-refractivity contribution in [3.8, 4) is 5.75 Å². The lowest BCUT2D eigenvalue weighted by molar-refractivity contribution is 0.0955. The Morgan fingerprint density at radius 3 is 2.35 bits per heavy atom. The zero-order valence-electron chi connectivity index (χ0n) is 14.4. The molecule has 1 heterocycles. The molecule has 130 valence electrons. The minimum atomic E-state index is -0.256. The van der Waals surface area contributed by atoms with Crippen LogP contribution in [-0.4, -0.2) is 16.6 Å². The maximum absolute atomic E-state index is 12.2. The number of pyridine rings is 1. The van der Waals surface area contributed by atoms with E-state index in [0.717, 1.165) is 16.9 Å². The lowest BCUT2D eigenvalue weighted by atomic mass is 10.1. The Balaban J connectivity index is 1.57. The second kappa shape index (κ2) is 8.58. The number of hydrazone groups is 1. The minimum Gasteiger partial charge on any atom is -0.489 e. The van der Waals surface area contributed by atoms with E-state index in [4.69, 9.17) is 4.74 Å². The molecule has 0 aliphatic rings. The van der Waals surface area contributed by atoms with Crippen LogP contribution in [0.15, 0.2) is 84.2 Å². The zero-order chi connectivity index (χ0) is 18.2. The molecule has 3 aromatic rings. The number of nitrogens with zero attached hydrogens (tertiary/aromatic N) is 2. The van der Waals surface area contributed by atoms with Gasteiger partial charge in [0.05, 0.1) is 5.71 Å². The van der Waals surface area contributed by atoms with Crippen LogP contribution in [0.2, 0.25) is 0 Å². The molecule has 5 nitrogen and oxygen atoms in total. The van der Waals surface area contributed by atoms with Gasteiger partial charge in [-0.3, -0.25) is 9.78 Å². The van der Waals surface area contributed by atoms with E-state index < -0.39 is 0 Å². The molecule has 5 heteroatoms. The summed E-state index contributed by atoms with van der Waals surface area (Å²) in [7, 11) is 0. The highest BCUT2D eigenvalue weighted by atomic mass is 16.5. The Labute approximate surface area is 152 Å². The van der Waals surface area contributed by atoms with Gasteiger partial charge in [-0.1, -0.05) is 30.3 Å². The van der Waals surface area contributed by atoms with Crippen molar-refractivity contribution in [2.75, 3.05) is 0 Å². The van der Waals surface area contributed by atoms with E-state index >= 15 is 0 Å². The minimum absolute atomic E-state index is 0.256. The Hall–Kier alpha value is -3.47. The normalized spacial score (nSPS) is 11.0. The van der Waals surface area contributed by atoms with E-state index in [1.807, 2.05) is 61.5 Å². The van der Waals surface area contributed by atoms with Crippen LogP contribution in [0.4, 0.5) is 0 Å². The molecule has 0 bridgehead atoms. The first-order valence-electron chi connectivity index (χ1n) is 8.24. The monoisotopic (exact) mass is 345 g/mol. The van der Waals surface area contributed by atoms with E-state index in [1.165, 1.54) is 0 Å². The van der Waals surface area contributed by atoms with Crippen molar-refractivity contribution in [3.63, 3.8) is 0 Å². The number of nitrogens with one attached hydrogen (secondary N) is 1. The summed E-state index contributed by atoms with van der Waals surface area (Å²) in [5.74, 6) is 0.559. The number of carbonyl (C=O) groups excluding carboxylic acids is 1. The summed E-state index contributed by atoms with van der Waals surface area (Å²) in [6.45, 7) is 2.28. The molecule has 0 unspecified atom stereocenters. The third kappa shape index (κ3) is 4.77. The van der Waals surface area contributed by atoms with Crippen LogP contribution >= 0.6 is 0 Å². The largest absolute Gasteiger partial charge is 0.489 e. The van der Waals surface area contributed by atoms with Crippen LogP contribution in [0.1, 0.15) is 28.4 Å². The molecule has 0 saturated heterocycles. The molecule has 0 spiro atoms. The number of carbonyl (C=O) groups is 1. The summed E-state index contributed by atoms with van der Waals surface area (Å²) in [5.41, 5.74) is 5.73. The third-order valence-electron chi connectivity index (χ3n) is 3.79. The fraction of sp³-hybridized carbons (Fsp3) is 0.0952. The van der Waals surface area contributed by atoms with E-state index in [1.54, 1.807) is 24.5 Å². The van der Waals surface area contributed by atoms with Crippen LogP contribution in [0.5, 0.6) is 5.75 Å². The number of para-hydroxylation sites is 1. The first-order valence-corrected chi connectivity index (χ1v) is 8.24. The van der Waals surface area contributed by atoms with Crippen LogP contribution in [0.3, 0.4) is 0 Å². The van der Waals surface area contributed by atoms with Gasteiger partial charge in [-0.25, -0.2) is 5.43 Å². The summed E-state index contributed by atoms with van der Waals surface area (Å²) >= 11 is 0. The fourth-order valence-electron chi connectivity index (χ4n) is 2.29. The Morgan fingerprint density at radius 2 is 1.65 bits per heavy atom. The molecule has 26 heavy (non-hydrogen) atoms. The molecule has 1 N–H and O–H groups in total. The Kier molecular flexibility index (Phi) is 5.72. The van der Waals surface area contributed by atoms with Gasteiger partial charge in [-0.15, -0.1) is 0 Å². The highest BCUT2D eigenvalue weighted by Crippen LogP contribution is 2.12. The molecular formula is C21H19N3O2. The molecule has 0 fully saturated rings. The Bertz CT molecular complexity index is 876. The van der Waals surface area contributed by atoms with Gasteiger partial charge in [0.15, 0.2) is 0 Å².